The highest BCUT2D eigenvalue weighted by molar-refractivity contribution is 6.00. The number of carbonyl (C=O) groups excluding carboxylic acids is 2. The Morgan fingerprint density at radius 1 is 0.783 bits per heavy atom. The maximum absolute atomic E-state index is 11.7. The molecule has 1 rings (SSSR count). The Labute approximate surface area is 141 Å². The lowest BCUT2D eigenvalue weighted by atomic mass is 10.0. The lowest BCUT2D eigenvalue weighted by Crippen LogP contribution is -2.34. The molecule has 0 bridgehead atoms. The molecule has 4 heteroatoms. The second-order valence-electron chi connectivity index (χ2n) is 6.72. The quantitative estimate of drug-likeness (QED) is 0.327. The zero-order valence-electron chi connectivity index (χ0n) is 15.1. The van der Waals surface area contributed by atoms with E-state index in [4.69, 9.17) is 4.84 Å². The Balaban J connectivity index is 2.34. The predicted octanol–water partition coefficient (Wildman–Crippen LogP) is 5.16. The molecule has 1 saturated heterocycles. The Hall–Kier alpha value is -0.900. The summed E-state index contributed by atoms with van der Waals surface area (Å²) in [4.78, 5) is 29.2. The molecule has 0 N–H and O–H groups in total. The normalized spacial score (nSPS) is 15.2. The van der Waals surface area contributed by atoms with Gasteiger partial charge in [0.05, 0.1) is 6.10 Å². The molecule has 2 amide bonds. The molecule has 0 aliphatic carbocycles. The van der Waals surface area contributed by atoms with Crippen LogP contribution in [-0.2, 0) is 14.4 Å². The summed E-state index contributed by atoms with van der Waals surface area (Å²) < 4.78 is 0. The van der Waals surface area contributed by atoms with Gasteiger partial charge in [-0.2, -0.15) is 5.06 Å². The van der Waals surface area contributed by atoms with Crippen LogP contribution in [0.25, 0.3) is 0 Å². The maximum Gasteiger partial charge on any atom is 0.254 e. The summed E-state index contributed by atoms with van der Waals surface area (Å²) in [6, 6.07) is 0. The zero-order chi connectivity index (χ0) is 16.9. The first kappa shape index (κ1) is 20.1. The van der Waals surface area contributed by atoms with Gasteiger partial charge in [-0.05, 0) is 12.8 Å². The van der Waals surface area contributed by atoms with Crippen LogP contribution in [0.15, 0.2) is 0 Å². The summed E-state index contributed by atoms with van der Waals surface area (Å²) in [6.45, 7) is 4.43. The molecule has 0 unspecified atom stereocenters. The molecule has 23 heavy (non-hydrogen) atoms. The standard InChI is InChI=1S/C19H35NO3/c1-3-5-7-9-11-13-17(14-12-10-8-6-4-2)23-20-18(21)15-16-19(20)22/h17H,3-16H2,1-2H3. The molecule has 0 aromatic carbocycles. The van der Waals surface area contributed by atoms with Crippen molar-refractivity contribution in [1.29, 1.82) is 0 Å². The Bertz CT molecular complexity index is 314. The first-order valence-electron chi connectivity index (χ1n) is 9.71. The van der Waals surface area contributed by atoms with E-state index >= 15 is 0 Å². The monoisotopic (exact) mass is 325 g/mol. The number of imide groups is 1. The van der Waals surface area contributed by atoms with Crippen LogP contribution in [0.1, 0.15) is 104 Å². The minimum absolute atomic E-state index is 0.0178. The van der Waals surface area contributed by atoms with Gasteiger partial charge in [-0.3, -0.25) is 14.4 Å². The maximum atomic E-state index is 11.7. The third-order valence-corrected chi connectivity index (χ3v) is 4.52. The highest BCUT2D eigenvalue weighted by atomic mass is 16.7. The van der Waals surface area contributed by atoms with Crippen LogP contribution in [0.5, 0.6) is 0 Å². The van der Waals surface area contributed by atoms with Crippen molar-refractivity contribution in [3.63, 3.8) is 0 Å². The zero-order valence-corrected chi connectivity index (χ0v) is 15.1. The van der Waals surface area contributed by atoms with Crippen LogP contribution in [0, 0.1) is 0 Å². The molecule has 0 saturated carbocycles. The minimum atomic E-state index is -0.169. The summed E-state index contributed by atoms with van der Waals surface area (Å²) in [5.74, 6) is -0.339. The van der Waals surface area contributed by atoms with Gasteiger partial charge >= 0.3 is 0 Å². The van der Waals surface area contributed by atoms with Crippen molar-refractivity contribution in [2.24, 2.45) is 0 Å². The fourth-order valence-corrected chi connectivity index (χ4v) is 3.02. The van der Waals surface area contributed by atoms with Crippen LogP contribution in [-0.4, -0.2) is 23.0 Å². The van der Waals surface area contributed by atoms with Crippen molar-refractivity contribution in [1.82, 2.24) is 5.06 Å². The summed E-state index contributed by atoms with van der Waals surface area (Å²) in [5, 5.41) is 1.04. The Morgan fingerprint density at radius 2 is 1.22 bits per heavy atom. The number of unbranched alkanes of at least 4 members (excludes halogenated alkanes) is 8. The third kappa shape index (κ3) is 8.50. The number of hydrogen-bond donors (Lipinski definition) is 0. The van der Waals surface area contributed by atoms with E-state index in [1.54, 1.807) is 0 Å². The van der Waals surface area contributed by atoms with E-state index in [1.807, 2.05) is 0 Å². The fourth-order valence-electron chi connectivity index (χ4n) is 3.02. The van der Waals surface area contributed by atoms with Crippen LogP contribution in [0.2, 0.25) is 0 Å². The highest BCUT2D eigenvalue weighted by Crippen LogP contribution is 2.21. The van der Waals surface area contributed by atoms with E-state index in [-0.39, 0.29) is 17.9 Å². The van der Waals surface area contributed by atoms with Crippen molar-refractivity contribution in [3.05, 3.63) is 0 Å². The van der Waals surface area contributed by atoms with E-state index in [0.29, 0.717) is 12.8 Å². The lowest BCUT2D eigenvalue weighted by Gasteiger charge is -2.22. The first-order valence-corrected chi connectivity index (χ1v) is 9.71. The number of amides is 2. The van der Waals surface area contributed by atoms with Gasteiger partial charge in [0.15, 0.2) is 0 Å². The van der Waals surface area contributed by atoms with Gasteiger partial charge in [-0.15, -0.1) is 0 Å². The Kier molecular flexibility index (Phi) is 11.0. The average molecular weight is 325 g/mol. The molecule has 1 fully saturated rings. The van der Waals surface area contributed by atoms with E-state index in [2.05, 4.69) is 13.8 Å². The molecule has 134 valence electrons. The van der Waals surface area contributed by atoms with Crippen molar-refractivity contribution in [3.8, 4) is 0 Å². The molecule has 1 aliphatic rings. The average Bonchev–Trinajstić information content (AvgIpc) is 2.86. The molecule has 1 aliphatic heterocycles. The third-order valence-electron chi connectivity index (χ3n) is 4.52. The lowest BCUT2D eigenvalue weighted by molar-refractivity contribution is -0.204. The van der Waals surface area contributed by atoms with Crippen molar-refractivity contribution < 1.29 is 14.4 Å². The van der Waals surface area contributed by atoms with Crippen molar-refractivity contribution in [2.75, 3.05) is 0 Å². The molecule has 0 spiro atoms. The first-order chi connectivity index (χ1) is 11.2. The number of nitrogens with zero attached hydrogens (tertiary/aromatic N) is 1. The van der Waals surface area contributed by atoms with Crippen molar-refractivity contribution >= 4 is 11.8 Å². The largest absolute Gasteiger partial charge is 0.272 e. The molecule has 0 aromatic heterocycles. The molecule has 4 nitrogen and oxygen atoms in total. The number of carbonyl (C=O) groups is 2. The van der Waals surface area contributed by atoms with E-state index in [1.165, 1.54) is 51.4 Å². The van der Waals surface area contributed by atoms with Gasteiger partial charge in [0.2, 0.25) is 0 Å². The number of rotatable bonds is 14. The summed E-state index contributed by atoms with van der Waals surface area (Å²) in [5.41, 5.74) is 0. The summed E-state index contributed by atoms with van der Waals surface area (Å²) in [6.07, 6.45) is 14.8. The minimum Gasteiger partial charge on any atom is -0.272 e. The molecule has 0 atom stereocenters. The highest BCUT2D eigenvalue weighted by Gasteiger charge is 2.32. The van der Waals surface area contributed by atoms with Gasteiger partial charge in [0.1, 0.15) is 0 Å². The van der Waals surface area contributed by atoms with Gasteiger partial charge in [0.25, 0.3) is 11.8 Å². The second kappa shape index (κ2) is 12.5. The van der Waals surface area contributed by atoms with E-state index < -0.39 is 0 Å². The summed E-state index contributed by atoms with van der Waals surface area (Å²) >= 11 is 0. The van der Waals surface area contributed by atoms with E-state index in [0.717, 1.165) is 30.7 Å². The second-order valence-corrected chi connectivity index (χ2v) is 6.72. The van der Waals surface area contributed by atoms with E-state index in [9.17, 15) is 9.59 Å². The van der Waals surface area contributed by atoms with Gasteiger partial charge in [-0.1, -0.05) is 78.1 Å². The summed E-state index contributed by atoms with van der Waals surface area (Å²) in [7, 11) is 0. The molecular weight excluding hydrogens is 290 g/mol. The van der Waals surface area contributed by atoms with Crippen molar-refractivity contribution in [2.45, 2.75) is 110 Å². The van der Waals surface area contributed by atoms with Crippen LogP contribution < -0.4 is 0 Å². The molecule has 1 heterocycles. The molecule has 0 aromatic rings. The molecule has 0 radical (unpaired) electrons. The van der Waals surface area contributed by atoms with Crippen LogP contribution in [0.3, 0.4) is 0 Å². The van der Waals surface area contributed by atoms with Gasteiger partial charge in [0, 0.05) is 12.8 Å². The van der Waals surface area contributed by atoms with Gasteiger partial charge < -0.3 is 0 Å². The van der Waals surface area contributed by atoms with Gasteiger partial charge in [-0.25, -0.2) is 0 Å². The topological polar surface area (TPSA) is 46.6 Å². The Morgan fingerprint density at radius 3 is 1.65 bits per heavy atom. The SMILES string of the molecule is CCCCCCCC(CCCCCCC)ON1C(=O)CCC1=O. The fraction of sp³-hybridized carbons (Fsp3) is 0.895. The van der Waals surface area contributed by atoms with Crippen LogP contribution in [0.4, 0.5) is 0 Å². The van der Waals surface area contributed by atoms with Crippen LogP contribution >= 0.6 is 0 Å². The predicted molar refractivity (Wildman–Crippen MR) is 92.7 cm³/mol. The smallest absolute Gasteiger partial charge is 0.254 e. The number of hydroxylamine groups is 2. The molecular formula is C19H35NO3. The number of hydrogen-bond acceptors (Lipinski definition) is 3.